The minimum Gasteiger partial charge on any atom is -0.390 e. The molecule has 1 saturated carbocycles. The highest BCUT2D eigenvalue weighted by atomic mass is 16.3. The topological polar surface area (TPSA) is 50.9 Å². The Morgan fingerprint density at radius 3 is 2.80 bits per heavy atom. The van der Waals surface area contributed by atoms with Gasteiger partial charge in [0.2, 0.25) is 0 Å². The van der Waals surface area contributed by atoms with Crippen molar-refractivity contribution < 1.29 is 5.11 Å². The fourth-order valence-electron chi connectivity index (χ4n) is 1.97. The highest BCUT2D eigenvalue weighted by molar-refractivity contribution is 5.18. The third kappa shape index (κ3) is 1.95. The molecule has 82 valence electrons. The van der Waals surface area contributed by atoms with E-state index in [0.29, 0.717) is 12.5 Å². The molecule has 15 heavy (non-hydrogen) atoms. The lowest BCUT2D eigenvalue weighted by molar-refractivity contribution is 0.271. The Labute approximate surface area is 89.6 Å². The summed E-state index contributed by atoms with van der Waals surface area (Å²) in [6.45, 7) is 6.55. The molecular weight excluding hydrogens is 190 g/mol. The summed E-state index contributed by atoms with van der Waals surface area (Å²) in [5.74, 6) is 0.543. The van der Waals surface area contributed by atoms with Crippen LogP contribution in [0.2, 0.25) is 0 Å². The molecule has 1 aliphatic carbocycles. The SMILES string of the molecule is C=C(C)Cn1nnc(CO)c1C1CCC1. The van der Waals surface area contributed by atoms with Crippen LogP contribution in [0.4, 0.5) is 0 Å². The van der Waals surface area contributed by atoms with E-state index in [2.05, 4.69) is 16.9 Å². The highest BCUT2D eigenvalue weighted by Crippen LogP contribution is 2.37. The van der Waals surface area contributed by atoms with Crippen LogP contribution in [0, 0.1) is 0 Å². The zero-order valence-electron chi connectivity index (χ0n) is 9.11. The molecule has 0 unspecified atom stereocenters. The minimum absolute atomic E-state index is 0.0119. The van der Waals surface area contributed by atoms with Crippen molar-refractivity contribution in [2.24, 2.45) is 0 Å². The molecule has 0 amide bonds. The molecule has 0 aromatic carbocycles. The van der Waals surface area contributed by atoms with Crippen LogP contribution in [0.1, 0.15) is 43.5 Å². The van der Waals surface area contributed by atoms with E-state index < -0.39 is 0 Å². The molecule has 1 aromatic rings. The van der Waals surface area contributed by atoms with Gasteiger partial charge in [-0.2, -0.15) is 0 Å². The van der Waals surface area contributed by atoms with Crippen LogP contribution in [0.3, 0.4) is 0 Å². The molecule has 1 aromatic heterocycles. The van der Waals surface area contributed by atoms with Crippen molar-refractivity contribution in [2.45, 2.75) is 45.3 Å². The molecule has 1 aliphatic rings. The smallest absolute Gasteiger partial charge is 0.112 e. The lowest BCUT2D eigenvalue weighted by Gasteiger charge is -2.26. The normalized spacial score (nSPS) is 16.4. The van der Waals surface area contributed by atoms with E-state index in [0.717, 1.165) is 17.0 Å². The third-order valence-electron chi connectivity index (χ3n) is 2.91. The monoisotopic (exact) mass is 207 g/mol. The first-order chi connectivity index (χ1) is 7.22. The van der Waals surface area contributed by atoms with Crippen LogP contribution in [0.25, 0.3) is 0 Å². The Hall–Kier alpha value is -1.16. The molecule has 0 atom stereocenters. The van der Waals surface area contributed by atoms with Crippen molar-refractivity contribution in [1.29, 1.82) is 0 Å². The van der Waals surface area contributed by atoms with E-state index in [4.69, 9.17) is 0 Å². The van der Waals surface area contributed by atoms with Gasteiger partial charge in [-0.3, -0.25) is 0 Å². The van der Waals surface area contributed by atoms with Crippen molar-refractivity contribution in [1.82, 2.24) is 15.0 Å². The fraction of sp³-hybridized carbons (Fsp3) is 0.636. The van der Waals surface area contributed by atoms with Gasteiger partial charge in [-0.05, 0) is 19.8 Å². The molecule has 1 fully saturated rings. The summed E-state index contributed by atoms with van der Waals surface area (Å²) in [5, 5.41) is 17.3. The Kier molecular flexibility index (Phi) is 2.86. The second-order valence-corrected chi connectivity index (χ2v) is 4.32. The quantitative estimate of drug-likeness (QED) is 0.763. The maximum absolute atomic E-state index is 9.20. The van der Waals surface area contributed by atoms with E-state index in [1.165, 1.54) is 19.3 Å². The maximum atomic E-state index is 9.20. The second-order valence-electron chi connectivity index (χ2n) is 4.32. The average Bonchev–Trinajstić information content (AvgIpc) is 2.45. The number of rotatable bonds is 4. The molecule has 0 bridgehead atoms. The molecule has 0 aliphatic heterocycles. The summed E-state index contributed by atoms with van der Waals surface area (Å²) in [6, 6.07) is 0. The predicted molar refractivity (Wildman–Crippen MR) is 57.4 cm³/mol. The zero-order valence-corrected chi connectivity index (χ0v) is 9.11. The summed E-state index contributed by atoms with van der Waals surface area (Å²) in [4.78, 5) is 0. The molecule has 0 saturated heterocycles. The van der Waals surface area contributed by atoms with Crippen molar-refractivity contribution in [2.75, 3.05) is 0 Å². The number of aliphatic hydroxyl groups excluding tert-OH is 1. The Bertz CT molecular complexity index is 366. The first-order valence-electron chi connectivity index (χ1n) is 5.40. The fourth-order valence-corrected chi connectivity index (χ4v) is 1.97. The van der Waals surface area contributed by atoms with Crippen molar-refractivity contribution in [3.8, 4) is 0 Å². The van der Waals surface area contributed by atoms with E-state index in [1.54, 1.807) is 0 Å². The Morgan fingerprint density at radius 1 is 1.60 bits per heavy atom. The molecule has 1 N–H and O–H groups in total. The lowest BCUT2D eigenvalue weighted by Crippen LogP contribution is -2.17. The van der Waals surface area contributed by atoms with Crippen LogP contribution in [-0.4, -0.2) is 20.1 Å². The highest BCUT2D eigenvalue weighted by Gasteiger charge is 2.27. The summed E-state index contributed by atoms with van der Waals surface area (Å²) < 4.78 is 1.89. The van der Waals surface area contributed by atoms with Crippen LogP contribution < -0.4 is 0 Å². The minimum atomic E-state index is -0.0119. The van der Waals surface area contributed by atoms with Gasteiger partial charge in [0.25, 0.3) is 0 Å². The molecule has 0 spiro atoms. The van der Waals surface area contributed by atoms with Gasteiger partial charge < -0.3 is 5.11 Å². The van der Waals surface area contributed by atoms with Crippen LogP contribution in [-0.2, 0) is 13.2 Å². The van der Waals surface area contributed by atoms with Gasteiger partial charge in [0.1, 0.15) is 5.69 Å². The molecule has 0 radical (unpaired) electrons. The number of aliphatic hydroxyl groups is 1. The third-order valence-corrected chi connectivity index (χ3v) is 2.91. The molecule has 1 heterocycles. The van der Waals surface area contributed by atoms with Crippen molar-refractivity contribution in [3.63, 3.8) is 0 Å². The first kappa shape index (κ1) is 10.4. The number of hydrogen-bond donors (Lipinski definition) is 1. The van der Waals surface area contributed by atoms with Crippen LogP contribution >= 0.6 is 0 Å². The maximum Gasteiger partial charge on any atom is 0.112 e. The Morgan fingerprint density at radius 2 is 2.33 bits per heavy atom. The van der Waals surface area contributed by atoms with E-state index in [-0.39, 0.29) is 6.61 Å². The Balaban J connectivity index is 2.28. The lowest BCUT2D eigenvalue weighted by atomic mass is 9.82. The van der Waals surface area contributed by atoms with Gasteiger partial charge in [-0.15, -0.1) is 5.10 Å². The number of nitrogens with zero attached hydrogens (tertiary/aromatic N) is 3. The summed E-state index contributed by atoms with van der Waals surface area (Å²) in [6.07, 6.45) is 3.65. The number of hydrogen-bond acceptors (Lipinski definition) is 3. The largest absolute Gasteiger partial charge is 0.390 e. The van der Waals surface area contributed by atoms with E-state index in [9.17, 15) is 5.11 Å². The van der Waals surface area contributed by atoms with Crippen molar-refractivity contribution in [3.05, 3.63) is 23.5 Å². The summed E-state index contributed by atoms with van der Waals surface area (Å²) >= 11 is 0. The molecular formula is C11H17N3O. The number of allylic oxidation sites excluding steroid dienone is 1. The zero-order chi connectivity index (χ0) is 10.8. The van der Waals surface area contributed by atoms with Gasteiger partial charge >= 0.3 is 0 Å². The predicted octanol–water partition coefficient (Wildman–Crippen LogP) is 1.61. The van der Waals surface area contributed by atoms with Gasteiger partial charge in [-0.1, -0.05) is 23.8 Å². The average molecular weight is 207 g/mol. The first-order valence-corrected chi connectivity index (χ1v) is 5.40. The van der Waals surface area contributed by atoms with Gasteiger partial charge in [-0.25, -0.2) is 4.68 Å². The number of aromatic nitrogens is 3. The van der Waals surface area contributed by atoms with Crippen LogP contribution in [0.15, 0.2) is 12.2 Å². The molecule has 4 heteroatoms. The van der Waals surface area contributed by atoms with Crippen molar-refractivity contribution >= 4 is 0 Å². The van der Waals surface area contributed by atoms with Gasteiger partial charge in [0, 0.05) is 5.92 Å². The van der Waals surface area contributed by atoms with E-state index in [1.807, 2.05) is 11.6 Å². The van der Waals surface area contributed by atoms with Gasteiger partial charge in [0.15, 0.2) is 0 Å². The molecule has 2 rings (SSSR count). The molecule has 4 nitrogen and oxygen atoms in total. The standard InChI is InChI=1S/C11H17N3O/c1-8(2)6-14-11(9-4-3-5-9)10(7-15)12-13-14/h9,15H,1,3-7H2,2H3. The second kappa shape index (κ2) is 4.14. The summed E-state index contributed by atoms with van der Waals surface area (Å²) in [5.41, 5.74) is 2.91. The van der Waals surface area contributed by atoms with E-state index >= 15 is 0 Å². The summed E-state index contributed by atoms with van der Waals surface area (Å²) in [7, 11) is 0. The van der Waals surface area contributed by atoms with Crippen LogP contribution in [0.5, 0.6) is 0 Å². The van der Waals surface area contributed by atoms with Gasteiger partial charge in [0.05, 0.1) is 18.8 Å².